The lowest BCUT2D eigenvalue weighted by molar-refractivity contribution is -0.161. The van der Waals surface area contributed by atoms with Crippen LogP contribution in [-0.4, -0.2) is 96.7 Å². The topological polar surface area (TPSA) is 237 Å². The highest BCUT2D eigenvalue weighted by molar-refractivity contribution is 7.47. The summed E-state index contributed by atoms with van der Waals surface area (Å²) in [6.45, 7) is 4.29. The number of hydrogen-bond donors (Lipinski definition) is 3. The van der Waals surface area contributed by atoms with Crippen molar-refractivity contribution in [2.45, 2.75) is 290 Å². The van der Waals surface area contributed by atoms with Crippen LogP contribution < -0.4 is 0 Å². The molecular formula is C85H136O17P2. The highest BCUT2D eigenvalue weighted by Gasteiger charge is 2.30. The summed E-state index contributed by atoms with van der Waals surface area (Å²) < 4.78 is 68.4. The summed E-state index contributed by atoms with van der Waals surface area (Å²) in [6, 6.07) is 0. The third-order valence-corrected chi connectivity index (χ3v) is 17.2. The molecule has 0 spiro atoms. The Morgan fingerprint density at radius 1 is 0.279 bits per heavy atom. The zero-order valence-electron chi connectivity index (χ0n) is 64.1. The zero-order valence-corrected chi connectivity index (χ0v) is 65.9. The van der Waals surface area contributed by atoms with E-state index in [0.29, 0.717) is 32.1 Å². The summed E-state index contributed by atoms with van der Waals surface area (Å²) in [5, 5.41) is 10.6. The largest absolute Gasteiger partial charge is 0.472 e. The van der Waals surface area contributed by atoms with Gasteiger partial charge in [0.2, 0.25) is 0 Å². The monoisotopic (exact) mass is 1490 g/mol. The number of carbonyl (C=O) groups excluding carboxylic acids is 4. The SMILES string of the molecule is CC/C=C\C/C=C\C/C=C\C/C=C\C/C=C\C/C=C\CCC(=O)OCC(COP(=O)(O)OCC(O)COP(=O)(O)OCC(COC(=O)CCCCCC/C=C\C/C=C\C/C=C\C/C=C\CC)OC(=O)CCCCCCC/C=C\C/C=C\CCC)OC(=O)CCCCCCC/C=C\C/C=C\C/C=C\CC. The lowest BCUT2D eigenvalue weighted by Gasteiger charge is -2.21. The maximum Gasteiger partial charge on any atom is 0.472 e. The average Bonchev–Trinajstić information content (AvgIpc) is 0.911. The van der Waals surface area contributed by atoms with Crippen LogP contribution >= 0.6 is 15.6 Å². The molecule has 0 aliphatic rings. The summed E-state index contributed by atoms with van der Waals surface area (Å²) in [7, 11) is -10.0. The molecule has 0 aliphatic heterocycles. The molecule has 0 aromatic carbocycles. The van der Waals surface area contributed by atoms with E-state index in [9.17, 15) is 43.2 Å². The Bertz CT molecular complexity index is 2690. The second-order valence-corrected chi connectivity index (χ2v) is 28.1. The van der Waals surface area contributed by atoms with E-state index in [-0.39, 0.29) is 25.7 Å². The summed E-state index contributed by atoms with van der Waals surface area (Å²) in [5.74, 6) is -2.35. The number of rotatable bonds is 71. The third kappa shape index (κ3) is 74.4. The molecule has 0 saturated carbocycles. The van der Waals surface area contributed by atoms with Gasteiger partial charge in [0, 0.05) is 25.7 Å². The standard InChI is InChI=1S/C85H136O17P2/c1-5-9-13-17-21-25-29-33-36-38-39-41-44-47-50-54-58-62-66-70-83(88)96-76-81(102-85(90)72-68-64-60-56-52-48-42-35-31-27-23-19-15-11-7-3)78-100-104(93,94)98-74-79(86)73-97-103(91,92)99-77-80(101-84(89)71-67-63-59-55-51-45-32-28-24-20-16-12-8-4)75-95-82(87)69-65-61-57-53-49-46-43-40-37-34-30-26-22-18-14-10-6-2/h9-11,13-16,20-23,25-28,32-37,39,41-43,46-47,50,58,62,79-81,86H,5-8,12,17-19,24,29-31,38,40,44-45,48-49,51-57,59-61,63-78H2,1-4H3,(H,91,92)(H,93,94)/b13-9-,14-10-,15-11-,20-16-,25-21-,26-22-,27-23-,32-28-,36-33-,37-34-,41-39-,42-35-,46-43-,50-47-,62-58-. The number of allylic oxidation sites excluding steroid dienone is 30. The van der Waals surface area contributed by atoms with Crippen LogP contribution in [0.25, 0.3) is 0 Å². The molecule has 0 heterocycles. The lowest BCUT2D eigenvalue weighted by atomic mass is 10.1. The number of aliphatic hydroxyl groups excluding tert-OH is 1. The van der Waals surface area contributed by atoms with Crippen LogP contribution in [-0.2, 0) is 65.4 Å². The van der Waals surface area contributed by atoms with Gasteiger partial charge in [-0.1, -0.05) is 268 Å². The van der Waals surface area contributed by atoms with E-state index in [0.717, 1.165) is 186 Å². The van der Waals surface area contributed by atoms with Crippen LogP contribution in [0.2, 0.25) is 0 Å². The minimum atomic E-state index is -5.01. The Hall–Kier alpha value is -5.84. The van der Waals surface area contributed by atoms with Crippen molar-refractivity contribution in [1.82, 2.24) is 0 Å². The highest BCUT2D eigenvalue weighted by atomic mass is 31.2. The van der Waals surface area contributed by atoms with Crippen molar-refractivity contribution in [2.24, 2.45) is 0 Å². The van der Waals surface area contributed by atoms with Gasteiger partial charge in [-0.3, -0.25) is 37.3 Å². The number of phosphoric ester groups is 2. The van der Waals surface area contributed by atoms with Crippen LogP contribution in [0, 0.1) is 0 Å². The molecular weight excluding hydrogens is 1350 g/mol. The molecule has 3 N–H and O–H groups in total. The van der Waals surface area contributed by atoms with Crippen molar-refractivity contribution in [1.29, 1.82) is 0 Å². The number of hydrogen-bond acceptors (Lipinski definition) is 15. The van der Waals surface area contributed by atoms with Crippen LogP contribution in [0.5, 0.6) is 0 Å². The number of carbonyl (C=O) groups is 4. The van der Waals surface area contributed by atoms with Crippen molar-refractivity contribution < 1.29 is 80.2 Å². The van der Waals surface area contributed by atoms with E-state index in [4.69, 9.17) is 37.0 Å². The van der Waals surface area contributed by atoms with E-state index in [1.165, 1.54) is 0 Å². The molecule has 0 aromatic rings. The molecule has 0 saturated heterocycles. The summed E-state index contributed by atoms with van der Waals surface area (Å²) in [5.41, 5.74) is 0. The van der Waals surface area contributed by atoms with Crippen molar-refractivity contribution in [3.8, 4) is 0 Å². The number of phosphoric acid groups is 2. The van der Waals surface area contributed by atoms with Crippen LogP contribution in [0.3, 0.4) is 0 Å². The quantitative estimate of drug-likeness (QED) is 0.0169. The predicted octanol–water partition coefficient (Wildman–Crippen LogP) is 22.8. The minimum Gasteiger partial charge on any atom is -0.462 e. The number of esters is 4. The molecule has 0 aromatic heterocycles. The van der Waals surface area contributed by atoms with Gasteiger partial charge in [0.25, 0.3) is 0 Å². The van der Waals surface area contributed by atoms with E-state index < -0.39 is 97.5 Å². The van der Waals surface area contributed by atoms with Crippen molar-refractivity contribution in [3.63, 3.8) is 0 Å². The highest BCUT2D eigenvalue weighted by Crippen LogP contribution is 2.45. The van der Waals surface area contributed by atoms with Crippen molar-refractivity contribution in [3.05, 3.63) is 182 Å². The second kappa shape index (κ2) is 75.4. The molecule has 0 amide bonds. The number of unbranched alkanes of at least 4 members (excludes halogenated alkanes) is 15. The summed E-state index contributed by atoms with van der Waals surface area (Å²) in [4.78, 5) is 72.9. The molecule has 0 radical (unpaired) electrons. The van der Waals surface area contributed by atoms with Gasteiger partial charge in [-0.25, -0.2) is 9.13 Å². The Balaban J connectivity index is 5.48. The molecule has 588 valence electrons. The number of ether oxygens (including phenoxy) is 4. The smallest absolute Gasteiger partial charge is 0.462 e. The first-order valence-electron chi connectivity index (χ1n) is 39.0. The molecule has 19 heteroatoms. The molecule has 5 unspecified atom stereocenters. The van der Waals surface area contributed by atoms with Crippen LogP contribution in [0.4, 0.5) is 0 Å². The van der Waals surface area contributed by atoms with Gasteiger partial charge in [0.05, 0.1) is 26.4 Å². The van der Waals surface area contributed by atoms with Gasteiger partial charge < -0.3 is 33.8 Å². The Morgan fingerprint density at radius 2 is 0.519 bits per heavy atom. The second-order valence-electron chi connectivity index (χ2n) is 25.1. The van der Waals surface area contributed by atoms with E-state index >= 15 is 0 Å². The fraction of sp³-hybridized carbons (Fsp3) is 0.600. The van der Waals surface area contributed by atoms with Crippen LogP contribution in [0.1, 0.15) is 272 Å². The predicted molar refractivity (Wildman–Crippen MR) is 426 cm³/mol. The maximum absolute atomic E-state index is 13.1. The van der Waals surface area contributed by atoms with E-state index in [2.05, 4.69) is 192 Å². The van der Waals surface area contributed by atoms with Crippen molar-refractivity contribution >= 4 is 39.5 Å². The normalized spacial score (nSPS) is 14.9. The first-order chi connectivity index (χ1) is 50.7. The summed E-state index contributed by atoms with van der Waals surface area (Å²) >= 11 is 0. The van der Waals surface area contributed by atoms with Gasteiger partial charge in [0.15, 0.2) is 12.2 Å². The van der Waals surface area contributed by atoms with Gasteiger partial charge in [-0.2, -0.15) is 0 Å². The molecule has 17 nitrogen and oxygen atoms in total. The minimum absolute atomic E-state index is 0.0248. The number of aliphatic hydroxyl groups is 1. The van der Waals surface area contributed by atoms with Crippen molar-refractivity contribution in [2.75, 3.05) is 39.6 Å². The van der Waals surface area contributed by atoms with Gasteiger partial charge in [-0.05, 0) is 161 Å². The Kier molecular flexibility index (Phi) is 71.2. The zero-order chi connectivity index (χ0) is 76.0. The lowest BCUT2D eigenvalue weighted by Crippen LogP contribution is -2.30. The molecule has 104 heavy (non-hydrogen) atoms. The van der Waals surface area contributed by atoms with E-state index in [1.807, 2.05) is 18.2 Å². The first-order valence-corrected chi connectivity index (χ1v) is 42.0. The average molecular weight is 1490 g/mol. The maximum atomic E-state index is 13.1. The molecule has 0 aliphatic carbocycles. The molecule has 0 fully saturated rings. The molecule has 0 rings (SSSR count). The molecule has 0 bridgehead atoms. The Labute approximate surface area is 628 Å². The van der Waals surface area contributed by atoms with Gasteiger partial charge in [-0.15, -0.1) is 0 Å². The van der Waals surface area contributed by atoms with E-state index in [1.54, 1.807) is 0 Å². The van der Waals surface area contributed by atoms with Gasteiger partial charge >= 0.3 is 39.5 Å². The fourth-order valence-electron chi connectivity index (χ4n) is 9.52. The van der Waals surface area contributed by atoms with Crippen LogP contribution in [0.15, 0.2) is 182 Å². The molecule has 5 atom stereocenters. The fourth-order valence-corrected chi connectivity index (χ4v) is 11.1. The summed E-state index contributed by atoms with van der Waals surface area (Å²) in [6.07, 6.45) is 90.4. The first kappa shape index (κ1) is 98.2. The third-order valence-electron chi connectivity index (χ3n) is 15.3. The Morgan fingerprint density at radius 3 is 0.827 bits per heavy atom. The van der Waals surface area contributed by atoms with Gasteiger partial charge in [0.1, 0.15) is 19.3 Å².